The van der Waals surface area contributed by atoms with Gasteiger partial charge in [0.05, 0.1) is 6.61 Å². The molecule has 0 aromatic carbocycles. The lowest BCUT2D eigenvalue weighted by molar-refractivity contribution is -0.132. The van der Waals surface area contributed by atoms with Crippen molar-refractivity contribution in [3.05, 3.63) is 0 Å². The van der Waals surface area contributed by atoms with Crippen molar-refractivity contribution in [2.75, 3.05) is 47.1 Å². The molecule has 1 fully saturated rings. The van der Waals surface area contributed by atoms with Gasteiger partial charge in [0.2, 0.25) is 5.91 Å². The fourth-order valence-corrected chi connectivity index (χ4v) is 2.23. The Hall–Kier alpha value is -0.360. The van der Waals surface area contributed by atoms with E-state index >= 15 is 0 Å². The number of carbonyl (C=O) groups excluding carboxylic acids is 1. The molecular weight excluding hydrogens is 268 g/mol. The van der Waals surface area contributed by atoms with Gasteiger partial charge in [-0.25, -0.2) is 0 Å². The van der Waals surface area contributed by atoms with Crippen LogP contribution in [0.2, 0.25) is 0 Å². The van der Waals surface area contributed by atoms with Crippen LogP contribution in [0, 0.1) is 0 Å². The molecule has 1 atom stereocenters. The Balaban J connectivity index is 0.00000324. The molecule has 0 aromatic heterocycles. The van der Waals surface area contributed by atoms with Gasteiger partial charge in [-0.2, -0.15) is 0 Å². The van der Waals surface area contributed by atoms with E-state index in [-0.39, 0.29) is 18.3 Å². The Morgan fingerprint density at radius 3 is 2.58 bits per heavy atom. The quantitative estimate of drug-likeness (QED) is 0.646. The maximum Gasteiger partial charge on any atom is 0.224 e. The van der Waals surface area contributed by atoms with Gasteiger partial charge in [0.15, 0.2) is 0 Å². The number of nitrogens with one attached hydrogen (secondary N) is 1. The van der Waals surface area contributed by atoms with Crippen LogP contribution in [0.3, 0.4) is 0 Å². The molecule has 1 N–H and O–H groups in total. The van der Waals surface area contributed by atoms with E-state index in [9.17, 15) is 4.79 Å². The molecule has 6 heteroatoms. The van der Waals surface area contributed by atoms with Gasteiger partial charge in [0.1, 0.15) is 0 Å². The number of nitrogens with zero attached hydrogens (tertiary/aromatic N) is 1. The summed E-state index contributed by atoms with van der Waals surface area (Å²) in [5, 5.41) is 3.36. The molecule has 1 heterocycles. The summed E-state index contributed by atoms with van der Waals surface area (Å²) >= 11 is 0. The number of hydrogen-bond acceptors (Lipinski definition) is 4. The van der Waals surface area contributed by atoms with Gasteiger partial charge >= 0.3 is 0 Å². The fraction of sp³-hybridized carbons (Fsp3) is 0.923. The Kier molecular flexibility index (Phi) is 11.2. The highest BCUT2D eigenvalue weighted by Gasteiger charge is 2.21. The average Bonchev–Trinajstić information content (AvgIpc) is 2.86. The minimum atomic E-state index is 0. The summed E-state index contributed by atoms with van der Waals surface area (Å²) in [5.41, 5.74) is 0. The van der Waals surface area contributed by atoms with Crippen LogP contribution in [-0.2, 0) is 14.3 Å². The predicted octanol–water partition coefficient (Wildman–Crippen LogP) is 1.06. The normalized spacial score (nSPS) is 18.1. The van der Waals surface area contributed by atoms with Crippen LogP contribution in [0.25, 0.3) is 0 Å². The first-order valence-corrected chi connectivity index (χ1v) is 6.77. The number of carbonyl (C=O) groups is 1. The molecule has 1 aliphatic heterocycles. The Bertz CT molecular complexity index is 236. The summed E-state index contributed by atoms with van der Waals surface area (Å²) in [7, 11) is 3.35. The van der Waals surface area contributed by atoms with E-state index in [2.05, 4.69) is 5.32 Å². The Morgan fingerprint density at radius 1 is 1.26 bits per heavy atom. The lowest BCUT2D eigenvalue weighted by atomic mass is 10.1. The molecule has 1 unspecified atom stereocenters. The van der Waals surface area contributed by atoms with Crippen LogP contribution in [0.1, 0.15) is 25.7 Å². The van der Waals surface area contributed by atoms with Crippen LogP contribution < -0.4 is 5.32 Å². The summed E-state index contributed by atoms with van der Waals surface area (Å²) in [4.78, 5) is 14.1. The summed E-state index contributed by atoms with van der Waals surface area (Å²) in [6, 6.07) is 0.366. The molecule has 114 valence electrons. The van der Waals surface area contributed by atoms with Gasteiger partial charge in [-0.15, -0.1) is 12.4 Å². The van der Waals surface area contributed by atoms with Crippen LogP contribution in [0.15, 0.2) is 0 Å². The first kappa shape index (κ1) is 18.6. The summed E-state index contributed by atoms with van der Waals surface area (Å²) < 4.78 is 10.1. The fourth-order valence-electron chi connectivity index (χ4n) is 2.23. The van der Waals surface area contributed by atoms with Gasteiger partial charge in [-0.3, -0.25) is 4.79 Å². The Morgan fingerprint density at radius 2 is 2.00 bits per heavy atom. The number of amides is 1. The zero-order valence-corrected chi connectivity index (χ0v) is 12.8. The van der Waals surface area contributed by atoms with E-state index in [0.717, 1.165) is 25.9 Å². The van der Waals surface area contributed by atoms with Gasteiger partial charge in [0.25, 0.3) is 0 Å². The van der Waals surface area contributed by atoms with E-state index in [4.69, 9.17) is 9.47 Å². The van der Waals surface area contributed by atoms with Crippen molar-refractivity contribution < 1.29 is 14.3 Å². The Labute approximate surface area is 122 Å². The topological polar surface area (TPSA) is 50.8 Å². The summed E-state index contributed by atoms with van der Waals surface area (Å²) in [6.45, 7) is 3.75. The van der Waals surface area contributed by atoms with Gasteiger partial charge in [-0.1, -0.05) is 0 Å². The van der Waals surface area contributed by atoms with E-state index in [1.807, 2.05) is 4.90 Å². The number of rotatable bonds is 9. The zero-order chi connectivity index (χ0) is 13.2. The van der Waals surface area contributed by atoms with Crippen molar-refractivity contribution in [2.45, 2.75) is 31.7 Å². The van der Waals surface area contributed by atoms with E-state index in [1.165, 1.54) is 6.42 Å². The van der Waals surface area contributed by atoms with Crippen LogP contribution in [-0.4, -0.2) is 63.9 Å². The molecule has 1 amide bonds. The zero-order valence-electron chi connectivity index (χ0n) is 12.0. The molecule has 0 saturated carbocycles. The lowest BCUT2D eigenvalue weighted by Crippen LogP contribution is -2.38. The van der Waals surface area contributed by atoms with Crippen molar-refractivity contribution >= 4 is 18.3 Å². The third-order valence-electron chi connectivity index (χ3n) is 3.28. The second-order valence-electron chi connectivity index (χ2n) is 4.72. The maximum atomic E-state index is 12.2. The minimum absolute atomic E-state index is 0. The van der Waals surface area contributed by atoms with Gasteiger partial charge in [0, 0.05) is 46.4 Å². The second-order valence-corrected chi connectivity index (χ2v) is 4.72. The van der Waals surface area contributed by atoms with Crippen LogP contribution in [0.5, 0.6) is 0 Å². The van der Waals surface area contributed by atoms with Crippen molar-refractivity contribution in [1.29, 1.82) is 0 Å². The monoisotopic (exact) mass is 294 g/mol. The van der Waals surface area contributed by atoms with E-state index in [1.54, 1.807) is 14.2 Å². The molecule has 5 nitrogen and oxygen atoms in total. The lowest BCUT2D eigenvalue weighted by Gasteiger charge is -2.24. The van der Waals surface area contributed by atoms with Crippen molar-refractivity contribution in [3.63, 3.8) is 0 Å². The van der Waals surface area contributed by atoms with E-state index in [0.29, 0.717) is 32.2 Å². The standard InChI is InChI=1S/C13H26N2O3.ClH/c1-17-9-4-7-15(8-10-18-2)13(16)11-12-5-3-6-14-12;/h12,14H,3-11H2,1-2H3;1H. The van der Waals surface area contributed by atoms with Crippen LogP contribution >= 0.6 is 12.4 Å². The van der Waals surface area contributed by atoms with Crippen molar-refractivity contribution in [3.8, 4) is 0 Å². The van der Waals surface area contributed by atoms with Crippen molar-refractivity contribution in [2.24, 2.45) is 0 Å². The molecule has 1 saturated heterocycles. The molecule has 19 heavy (non-hydrogen) atoms. The third kappa shape index (κ3) is 7.72. The SMILES string of the molecule is COCCCN(CCOC)C(=O)CC1CCCN1.Cl. The average molecular weight is 295 g/mol. The smallest absolute Gasteiger partial charge is 0.224 e. The summed E-state index contributed by atoms with van der Waals surface area (Å²) in [5.74, 6) is 0.225. The first-order chi connectivity index (χ1) is 8.77. The molecule has 0 aromatic rings. The maximum absolute atomic E-state index is 12.2. The highest BCUT2D eigenvalue weighted by Crippen LogP contribution is 2.10. The molecule has 0 aliphatic carbocycles. The summed E-state index contributed by atoms with van der Waals surface area (Å²) in [6.07, 6.45) is 3.78. The molecule has 1 rings (SSSR count). The number of methoxy groups -OCH3 is 2. The largest absolute Gasteiger partial charge is 0.385 e. The molecule has 0 spiro atoms. The number of hydrogen-bond donors (Lipinski definition) is 1. The third-order valence-corrected chi connectivity index (χ3v) is 3.28. The van der Waals surface area contributed by atoms with Crippen LogP contribution in [0.4, 0.5) is 0 Å². The predicted molar refractivity (Wildman–Crippen MR) is 77.8 cm³/mol. The van der Waals surface area contributed by atoms with Gasteiger partial charge < -0.3 is 19.7 Å². The number of ether oxygens (including phenoxy) is 2. The second kappa shape index (κ2) is 11.5. The minimum Gasteiger partial charge on any atom is -0.385 e. The molecule has 0 bridgehead atoms. The number of halogens is 1. The highest BCUT2D eigenvalue weighted by molar-refractivity contribution is 5.85. The van der Waals surface area contributed by atoms with Gasteiger partial charge in [-0.05, 0) is 25.8 Å². The molecule has 0 radical (unpaired) electrons. The molecular formula is C13H27ClN2O3. The van der Waals surface area contributed by atoms with Crippen molar-refractivity contribution in [1.82, 2.24) is 10.2 Å². The first-order valence-electron chi connectivity index (χ1n) is 6.77. The highest BCUT2D eigenvalue weighted by atomic mass is 35.5. The molecule has 1 aliphatic rings. The van der Waals surface area contributed by atoms with E-state index < -0.39 is 0 Å².